The highest BCUT2D eigenvalue weighted by molar-refractivity contribution is 5.69. The van der Waals surface area contributed by atoms with Crippen molar-refractivity contribution in [1.29, 1.82) is 0 Å². The van der Waals surface area contributed by atoms with Crippen molar-refractivity contribution in [2.75, 3.05) is 46.4 Å². The SMILES string of the molecule is CCN1CCC(N(CCOC)CC(=O)O)CC1. The van der Waals surface area contributed by atoms with Crippen LogP contribution in [-0.4, -0.2) is 73.4 Å². The maximum Gasteiger partial charge on any atom is 0.317 e. The number of nitrogens with zero attached hydrogens (tertiary/aromatic N) is 2. The van der Waals surface area contributed by atoms with Gasteiger partial charge in [0.05, 0.1) is 13.2 Å². The third kappa shape index (κ3) is 5.02. The maximum atomic E-state index is 10.8. The lowest BCUT2D eigenvalue weighted by Crippen LogP contribution is -2.47. The lowest BCUT2D eigenvalue weighted by molar-refractivity contribution is -0.139. The molecule has 0 aromatic rings. The molecule has 0 radical (unpaired) electrons. The van der Waals surface area contributed by atoms with Crippen molar-refractivity contribution in [2.24, 2.45) is 0 Å². The molecule has 0 saturated carbocycles. The quantitative estimate of drug-likeness (QED) is 0.707. The average molecular weight is 244 g/mol. The minimum absolute atomic E-state index is 0.125. The molecule has 1 heterocycles. The van der Waals surface area contributed by atoms with Gasteiger partial charge in [-0.1, -0.05) is 6.92 Å². The Balaban J connectivity index is 2.43. The molecule has 0 aromatic heterocycles. The summed E-state index contributed by atoms with van der Waals surface area (Å²) in [4.78, 5) is 15.3. The van der Waals surface area contributed by atoms with Crippen molar-refractivity contribution < 1.29 is 14.6 Å². The van der Waals surface area contributed by atoms with E-state index < -0.39 is 5.97 Å². The molecule has 1 N–H and O–H groups in total. The van der Waals surface area contributed by atoms with Gasteiger partial charge in [-0.15, -0.1) is 0 Å². The minimum Gasteiger partial charge on any atom is -0.480 e. The monoisotopic (exact) mass is 244 g/mol. The van der Waals surface area contributed by atoms with Crippen LogP contribution in [0.3, 0.4) is 0 Å². The molecule has 0 spiro atoms. The van der Waals surface area contributed by atoms with Crippen LogP contribution in [0.2, 0.25) is 0 Å². The summed E-state index contributed by atoms with van der Waals surface area (Å²) in [6.45, 7) is 6.83. The standard InChI is InChI=1S/C12H24N2O3/c1-3-13-6-4-11(5-7-13)14(8-9-17-2)10-12(15)16/h11H,3-10H2,1-2H3,(H,15,16). The van der Waals surface area contributed by atoms with Crippen LogP contribution in [0.1, 0.15) is 19.8 Å². The number of methoxy groups -OCH3 is 1. The summed E-state index contributed by atoms with van der Waals surface area (Å²) < 4.78 is 5.04. The van der Waals surface area contributed by atoms with E-state index in [1.165, 1.54) is 0 Å². The molecule has 1 saturated heterocycles. The fourth-order valence-corrected chi connectivity index (χ4v) is 2.37. The van der Waals surface area contributed by atoms with Gasteiger partial charge in [-0.05, 0) is 32.5 Å². The second-order valence-electron chi connectivity index (χ2n) is 4.52. The largest absolute Gasteiger partial charge is 0.480 e. The Labute approximate surface area is 103 Å². The Hall–Kier alpha value is -0.650. The first kappa shape index (κ1) is 14.4. The van der Waals surface area contributed by atoms with E-state index in [1.54, 1.807) is 7.11 Å². The lowest BCUT2D eigenvalue weighted by Gasteiger charge is -2.37. The summed E-state index contributed by atoms with van der Waals surface area (Å²) in [5.41, 5.74) is 0. The zero-order chi connectivity index (χ0) is 12.7. The van der Waals surface area contributed by atoms with E-state index >= 15 is 0 Å². The van der Waals surface area contributed by atoms with Gasteiger partial charge >= 0.3 is 5.97 Å². The van der Waals surface area contributed by atoms with Crippen LogP contribution in [0.5, 0.6) is 0 Å². The molecule has 1 aliphatic heterocycles. The molecular weight excluding hydrogens is 220 g/mol. The van der Waals surface area contributed by atoms with E-state index in [9.17, 15) is 4.79 Å². The molecule has 0 aromatic carbocycles. The Morgan fingerprint density at radius 3 is 2.59 bits per heavy atom. The lowest BCUT2D eigenvalue weighted by atomic mass is 10.0. The highest BCUT2D eigenvalue weighted by Gasteiger charge is 2.24. The number of rotatable bonds is 7. The van der Waals surface area contributed by atoms with Crippen molar-refractivity contribution in [1.82, 2.24) is 9.80 Å². The van der Waals surface area contributed by atoms with Crippen LogP contribution >= 0.6 is 0 Å². The Kier molecular flexibility index (Phi) is 6.47. The van der Waals surface area contributed by atoms with E-state index in [-0.39, 0.29) is 6.54 Å². The van der Waals surface area contributed by atoms with Crippen LogP contribution < -0.4 is 0 Å². The molecular formula is C12H24N2O3. The zero-order valence-corrected chi connectivity index (χ0v) is 10.9. The molecule has 0 aliphatic carbocycles. The first-order valence-electron chi connectivity index (χ1n) is 6.34. The number of carboxylic acids is 1. The fraction of sp³-hybridized carbons (Fsp3) is 0.917. The molecule has 1 rings (SSSR count). The van der Waals surface area contributed by atoms with Gasteiger partial charge in [-0.3, -0.25) is 9.69 Å². The summed E-state index contributed by atoms with van der Waals surface area (Å²) in [7, 11) is 1.65. The minimum atomic E-state index is -0.751. The normalized spacial score (nSPS) is 18.8. The Morgan fingerprint density at radius 2 is 2.12 bits per heavy atom. The van der Waals surface area contributed by atoms with Crippen LogP contribution in [0.25, 0.3) is 0 Å². The van der Waals surface area contributed by atoms with Gasteiger partial charge in [0, 0.05) is 19.7 Å². The smallest absolute Gasteiger partial charge is 0.317 e. The molecule has 0 amide bonds. The second-order valence-corrected chi connectivity index (χ2v) is 4.52. The van der Waals surface area contributed by atoms with Crippen molar-refractivity contribution in [2.45, 2.75) is 25.8 Å². The second kappa shape index (κ2) is 7.63. The molecule has 1 aliphatic rings. The zero-order valence-electron chi connectivity index (χ0n) is 10.9. The molecule has 5 nitrogen and oxygen atoms in total. The van der Waals surface area contributed by atoms with E-state index in [0.717, 1.165) is 32.5 Å². The predicted molar refractivity (Wildman–Crippen MR) is 66.2 cm³/mol. The average Bonchev–Trinajstić information content (AvgIpc) is 2.34. The van der Waals surface area contributed by atoms with Crippen molar-refractivity contribution in [3.8, 4) is 0 Å². The number of hydrogen-bond donors (Lipinski definition) is 1. The molecule has 1 fully saturated rings. The van der Waals surface area contributed by atoms with Gasteiger partial charge in [0.25, 0.3) is 0 Å². The van der Waals surface area contributed by atoms with Gasteiger partial charge in [0.1, 0.15) is 0 Å². The fourth-order valence-electron chi connectivity index (χ4n) is 2.37. The first-order chi connectivity index (χ1) is 8.17. The van der Waals surface area contributed by atoms with Crippen molar-refractivity contribution in [3.05, 3.63) is 0 Å². The summed E-state index contributed by atoms with van der Waals surface area (Å²) in [6.07, 6.45) is 2.12. The van der Waals surface area contributed by atoms with Crippen LogP contribution in [0.4, 0.5) is 0 Å². The van der Waals surface area contributed by atoms with E-state index in [2.05, 4.69) is 11.8 Å². The van der Waals surface area contributed by atoms with Gasteiger partial charge < -0.3 is 14.7 Å². The van der Waals surface area contributed by atoms with Crippen LogP contribution in [0.15, 0.2) is 0 Å². The molecule has 0 bridgehead atoms. The number of hydrogen-bond acceptors (Lipinski definition) is 4. The summed E-state index contributed by atoms with van der Waals surface area (Å²) in [5.74, 6) is -0.751. The number of piperidine rings is 1. The van der Waals surface area contributed by atoms with Gasteiger partial charge in [-0.2, -0.15) is 0 Å². The molecule has 5 heteroatoms. The Morgan fingerprint density at radius 1 is 1.47 bits per heavy atom. The third-order valence-electron chi connectivity index (χ3n) is 3.44. The first-order valence-corrected chi connectivity index (χ1v) is 6.34. The summed E-state index contributed by atoms with van der Waals surface area (Å²) >= 11 is 0. The number of ether oxygens (including phenoxy) is 1. The Bertz CT molecular complexity index is 228. The van der Waals surface area contributed by atoms with Gasteiger partial charge in [0.2, 0.25) is 0 Å². The van der Waals surface area contributed by atoms with E-state index in [4.69, 9.17) is 9.84 Å². The van der Waals surface area contributed by atoms with Crippen LogP contribution in [0, 0.1) is 0 Å². The third-order valence-corrected chi connectivity index (χ3v) is 3.44. The number of aliphatic carboxylic acids is 1. The molecule has 0 unspecified atom stereocenters. The van der Waals surface area contributed by atoms with Crippen molar-refractivity contribution in [3.63, 3.8) is 0 Å². The van der Waals surface area contributed by atoms with Crippen LogP contribution in [-0.2, 0) is 9.53 Å². The number of carboxylic acid groups (broad SMARTS) is 1. The van der Waals surface area contributed by atoms with E-state index in [0.29, 0.717) is 19.2 Å². The molecule has 17 heavy (non-hydrogen) atoms. The highest BCUT2D eigenvalue weighted by atomic mass is 16.5. The van der Waals surface area contributed by atoms with Crippen molar-refractivity contribution >= 4 is 5.97 Å². The van der Waals surface area contributed by atoms with Gasteiger partial charge in [0.15, 0.2) is 0 Å². The molecule has 100 valence electrons. The molecule has 0 atom stereocenters. The number of likely N-dealkylation sites (tertiary alicyclic amines) is 1. The van der Waals surface area contributed by atoms with E-state index in [1.807, 2.05) is 4.90 Å². The van der Waals surface area contributed by atoms with Gasteiger partial charge in [-0.25, -0.2) is 0 Å². The topological polar surface area (TPSA) is 53.0 Å². The summed E-state index contributed by atoms with van der Waals surface area (Å²) in [5, 5.41) is 8.92. The predicted octanol–water partition coefficient (Wildman–Crippen LogP) is 0.504. The number of carbonyl (C=O) groups is 1. The maximum absolute atomic E-state index is 10.8. The highest BCUT2D eigenvalue weighted by Crippen LogP contribution is 2.16. The summed E-state index contributed by atoms with van der Waals surface area (Å²) in [6, 6.07) is 0.393.